The fraction of sp³-hybridized carbons (Fsp3) is 0.500. The number of amides is 3. The van der Waals surface area contributed by atoms with Crippen LogP contribution in [0.2, 0.25) is 0 Å². The fourth-order valence-electron chi connectivity index (χ4n) is 5.19. The maximum absolute atomic E-state index is 13.6. The third-order valence-electron chi connectivity index (χ3n) is 7.42. The molecule has 1 saturated heterocycles. The first-order valence-corrected chi connectivity index (χ1v) is 14.5. The van der Waals surface area contributed by atoms with Crippen LogP contribution >= 0.6 is 0 Å². The van der Waals surface area contributed by atoms with Crippen molar-refractivity contribution < 1.29 is 24.3 Å². The maximum atomic E-state index is 13.6. The van der Waals surface area contributed by atoms with E-state index in [9.17, 15) is 24.3 Å². The summed E-state index contributed by atoms with van der Waals surface area (Å²) in [6.45, 7) is 0.859. The number of nitrogens with two attached hydrogens (primary N) is 5. The highest BCUT2D eigenvalue weighted by molar-refractivity contribution is 5.95. The maximum Gasteiger partial charge on any atom is 0.326 e. The lowest BCUT2D eigenvalue weighted by atomic mass is 10.0. The van der Waals surface area contributed by atoms with Crippen molar-refractivity contribution in [2.75, 3.05) is 19.6 Å². The van der Waals surface area contributed by atoms with Gasteiger partial charge in [-0.15, -0.1) is 0 Å². The van der Waals surface area contributed by atoms with E-state index < -0.39 is 42.0 Å². The molecule has 1 aliphatic rings. The van der Waals surface area contributed by atoms with Gasteiger partial charge < -0.3 is 54.3 Å². The molecule has 0 bridgehead atoms. The lowest BCUT2D eigenvalue weighted by Crippen LogP contribution is -2.57. The summed E-state index contributed by atoms with van der Waals surface area (Å²) >= 11 is 0. The van der Waals surface area contributed by atoms with Crippen LogP contribution in [0.5, 0.6) is 0 Å². The zero-order chi connectivity index (χ0) is 32.2. The van der Waals surface area contributed by atoms with Crippen LogP contribution in [0.25, 0.3) is 10.9 Å². The minimum Gasteiger partial charge on any atom is -0.480 e. The van der Waals surface area contributed by atoms with Gasteiger partial charge in [0.1, 0.15) is 18.1 Å². The standard InChI is InChI=1S/C28H43N11O5/c29-18(7-3-11-34-27(30)31)25(42)39-13-5-10-22(39)24(41)38-21(14-16-15-36-19-8-2-1-6-17(16)19)23(40)37-20(26(43)44)9-4-12-35-28(32)33/h1-2,6,8,15,18,20-22,36H,3-5,7,9-14,29H2,(H,37,40)(H,38,41)(H,43,44)(H4,30,31,34)(H4,32,33,35). The van der Waals surface area contributed by atoms with Crippen LogP contribution in [0.3, 0.4) is 0 Å². The summed E-state index contributed by atoms with van der Waals surface area (Å²) in [6.07, 6.45) is 3.98. The number of aromatic amines is 1. The highest BCUT2D eigenvalue weighted by Crippen LogP contribution is 2.22. The molecular weight excluding hydrogens is 570 g/mol. The molecule has 16 heteroatoms. The number of nitrogens with one attached hydrogen (secondary N) is 3. The summed E-state index contributed by atoms with van der Waals surface area (Å²) in [4.78, 5) is 64.5. The number of aromatic nitrogens is 1. The number of para-hydroxylation sites is 1. The second-order valence-electron chi connectivity index (χ2n) is 10.7. The Morgan fingerprint density at radius 2 is 1.64 bits per heavy atom. The van der Waals surface area contributed by atoms with Gasteiger partial charge in [0.2, 0.25) is 17.7 Å². The van der Waals surface area contributed by atoms with Gasteiger partial charge in [0.25, 0.3) is 0 Å². The molecule has 240 valence electrons. The highest BCUT2D eigenvalue weighted by Gasteiger charge is 2.38. The lowest BCUT2D eigenvalue weighted by molar-refractivity contribution is -0.143. The van der Waals surface area contributed by atoms with Gasteiger partial charge in [-0.25, -0.2) is 4.79 Å². The van der Waals surface area contributed by atoms with Crippen LogP contribution in [0.1, 0.15) is 44.1 Å². The van der Waals surface area contributed by atoms with Gasteiger partial charge in [0.15, 0.2) is 11.9 Å². The van der Waals surface area contributed by atoms with Crippen molar-refractivity contribution in [1.29, 1.82) is 0 Å². The van der Waals surface area contributed by atoms with E-state index >= 15 is 0 Å². The average Bonchev–Trinajstić information content (AvgIpc) is 3.63. The van der Waals surface area contributed by atoms with E-state index in [1.165, 1.54) is 4.90 Å². The zero-order valence-corrected chi connectivity index (χ0v) is 24.6. The first-order chi connectivity index (χ1) is 21.0. The number of H-pyrrole nitrogens is 1. The summed E-state index contributed by atoms with van der Waals surface area (Å²) in [5.41, 5.74) is 29.1. The Morgan fingerprint density at radius 1 is 0.977 bits per heavy atom. The molecule has 16 nitrogen and oxygen atoms in total. The van der Waals surface area contributed by atoms with Gasteiger partial charge in [-0.2, -0.15) is 0 Å². The van der Waals surface area contributed by atoms with Crippen molar-refractivity contribution in [1.82, 2.24) is 20.5 Å². The van der Waals surface area contributed by atoms with E-state index in [0.29, 0.717) is 45.2 Å². The number of benzene rings is 1. The Balaban J connectivity index is 1.75. The minimum absolute atomic E-state index is 0.0481. The highest BCUT2D eigenvalue weighted by atomic mass is 16.4. The second kappa shape index (κ2) is 16.1. The number of hydrogen-bond acceptors (Lipinski definition) is 7. The number of carboxylic acid groups (broad SMARTS) is 1. The summed E-state index contributed by atoms with van der Waals surface area (Å²) in [5, 5.41) is 15.9. The Morgan fingerprint density at radius 3 is 2.30 bits per heavy atom. The topological polar surface area (TPSA) is 286 Å². The molecule has 3 amide bonds. The monoisotopic (exact) mass is 613 g/mol. The van der Waals surface area contributed by atoms with E-state index in [1.54, 1.807) is 6.20 Å². The molecular formula is C28H43N11O5. The first kappa shape index (κ1) is 33.6. The number of likely N-dealkylation sites (tertiary alicyclic amines) is 1. The number of hydrogen-bond donors (Lipinski definition) is 9. The molecule has 0 saturated carbocycles. The first-order valence-electron chi connectivity index (χ1n) is 14.5. The van der Waals surface area contributed by atoms with Gasteiger partial charge in [-0.3, -0.25) is 24.4 Å². The van der Waals surface area contributed by atoms with Crippen molar-refractivity contribution in [3.8, 4) is 0 Å². The molecule has 2 aromatic rings. The number of carboxylic acids is 1. The number of carbonyl (C=O) groups is 4. The molecule has 1 aromatic carbocycles. The number of guanidine groups is 2. The van der Waals surface area contributed by atoms with Crippen molar-refractivity contribution in [2.45, 2.75) is 69.1 Å². The van der Waals surface area contributed by atoms with Crippen LogP contribution in [0.4, 0.5) is 0 Å². The van der Waals surface area contributed by atoms with E-state index in [1.807, 2.05) is 24.3 Å². The molecule has 1 fully saturated rings. The Bertz CT molecular complexity index is 1370. The molecule has 0 radical (unpaired) electrons. The Hall–Kier alpha value is -4.86. The number of fused-ring (bicyclic) bond motifs is 1. The van der Waals surface area contributed by atoms with Crippen LogP contribution in [0, 0.1) is 0 Å². The largest absolute Gasteiger partial charge is 0.480 e. The lowest BCUT2D eigenvalue weighted by Gasteiger charge is -2.28. The van der Waals surface area contributed by atoms with Gasteiger partial charge in [0, 0.05) is 43.2 Å². The van der Waals surface area contributed by atoms with Crippen LogP contribution in [0.15, 0.2) is 40.4 Å². The van der Waals surface area contributed by atoms with E-state index in [0.717, 1.165) is 16.5 Å². The number of rotatable bonds is 16. The summed E-state index contributed by atoms with van der Waals surface area (Å²) in [5.74, 6) is -2.98. The summed E-state index contributed by atoms with van der Waals surface area (Å²) < 4.78 is 0. The number of aliphatic carboxylic acids is 1. The number of aliphatic imine (C=N–C) groups is 2. The third-order valence-corrected chi connectivity index (χ3v) is 7.42. The van der Waals surface area contributed by atoms with Gasteiger partial charge in [-0.1, -0.05) is 18.2 Å². The van der Waals surface area contributed by atoms with Crippen molar-refractivity contribution >= 4 is 46.5 Å². The molecule has 1 aliphatic heterocycles. The molecule has 0 aliphatic carbocycles. The van der Waals surface area contributed by atoms with E-state index in [2.05, 4.69) is 25.6 Å². The van der Waals surface area contributed by atoms with E-state index in [4.69, 9.17) is 28.7 Å². The van der Waals surface area contributed by atoms with E-state index in [-0.39, 0.29) is 37.2 Å². The summed E-state index contributed by atoms with van der Waals surface area (Å²) in [7, 11) is 0. The molecule has 3 rings (SSSR count). The Labute approximate surface area is 254 Å². The number of nitrogens with zero attached hydrogens (tertiary/aromatic N) is 3. The molecule has 4 atom stereocenters. The molecule has 4 unspecified atom stereocenters. The fourth-order valence-corrected chi connectivity index (χ4v) is 5.19. The summed E-state index contributed by atoms with van der Waals surface area (Å²) in [6, 6.07) is 3.43. The number of carbonyl (C=O) groups excluding carboxylic acids is 3. The van der Waals surface area contributed by atoms with Crippen LogP contribution in [-0.4, -0.2) is 94.4 Å². The third kappa shape index (κ3) is 9.58. The Kier molecular flexibility index (Phi) is 12.3. The van der Waals surface area contributed by atoms with Crippen LogP contribution in [-0.2, 0) is 25.6 Å². The average molecular weight is 614 g/mol. The predicted octanol–water partition coefficient (Wildman–Crippen LogP) is -1.81. The zero-order valence-electron chi connectivity index (χ0n) is 24.6. The normalized spacial score (nSPS) is 16.5. The smallest absolute Gasteiger partial charge is 0.326 e. The second-order valence-corrected chi connectivity index (χ2v) is 10.7. The van der Waals surface area contributed by atoms with Gasteiger partial charge in [0.05, 0.1) is 6.04 Å². The van der Waals surface area contributed by atoms with Crippen molar-refractivity contribution in [3.63, 3.8) is 0 Å². The van der Waals surface area contributed by atoms with Crippen molar-refractivity contribution in [3.05, 3.63) is 36.0 Å². The SMILES string of the molecule is NC(N)=NCCCC(N)C(=O)N1CCCC1C(=O)NC(Cc1c[nH]c2ccccc12)C(=O)NC(CCCN=C(N)N)C(=O)O. The van der Waals surface area contributed by atoms with Gasteiger partial charge >= 0.3 is 5.97 Å². The minimum atomic E-state index is -1.24. The molecule has 1 aromatic heterocycles. The predicted molar refractivity (Wildman–Crippen MR) is 166 cm³/mol. The van der Waals surface area contributed by atoms with Gasteiger partial charge in [-0.05, 0) is 50.2 Å². The molecule has 14 N–H and O–H groups in total. The molecule has 2 heterocycles. The van der Waals surface area contributed by atoms with Crippen molar-refractivity contribution in [2.24, 2.45) is 38.7 Å². The van der Waals surface area contributed by atoms with Crippen LogP contribution < -0.4 is 39.3 Å². The molecule has 44 heavy (non-hydrogen) atoms. The quantitative estimate of drug-likeness (QED) is 0.0581. The molecule has 0 spiro atoms.